The lowest BCUT2D eigenvalue weighted by Crippen LogP contribution is -2.43. The van der Waals surface area contributed by atoms with Crippen molar-refractivity contribution in [1.82, 2.24) is 5.32 Å². The second-order valence-corrected chi connectivity index (χ2v) is 6.33. The van der Waals surface area contributed by atoms with E-state index in [2.05, 4.69) is 5.32 Å². The summed E-state index contributed by atoms with van der Waals surface area (Å²) < 4.78 is 5.36. The molecule has 2 aromatic rings. The Morgan fingerprint density at radius 3 is 2.25 bits per heavy atom. The maximum atomic E-state index is 12.4. The molecule has 0 aliphatic heterocycles. The smallest absolute Gasteiger partial charge is 0.334 e. The summed E-state index contributed by atoms with van der Waals surface area (Å²) >= 11 is 5.82. The van der Waals surface area contributed by atoms with Gasteiger partial charge in [0.2, 0.25) is 0 Å². The number of esters is 1. The van der Waals surface area contributed by atoms with Crippen molar-refractivity contribution in [2.75, 3.05) is 0 Å². The van der Waals surface area contributed by atoms with Gasteiger partial charge in [0.15, 0.2) is 0 Å². The number of ether oxygens (including phenoxy) is 1. The number of hydrogen-bond acceptors (Lipinski definition) is 3. The number of nitrogens with one attached hydrogen (secondary N) is 1. The van der Waals surface area contributed by atoms with Crippen LogP contribution in [0.4, 0.5) is 0 Å². The molecule has 0 spiro atoms. The summed E-state index contributed by atoms with van der Waals surface area (Å²) in [5, 5.41) is 3.32. The predicted molar refractivity (Wildman–Crippen MR) is 94.2 cm³/mol. The fraction of sp³-hybridized carbons (Fsp3) is 0.263. The standard InChI is InChI=1S/C19H20ClNO3/c1-13(2)12-17(21-18(22)14-6-4-3-5-7-14)19(23)24-16-10-8-15(20)9-11-16/h3-11,13,17H,12H2,1-2H3,(H,21,22)/t17-/m0/s1. The largest absolute Gasteiger partial charge is 0.425 e. The quantitative estimate of drug-likeness (QED) is 0.633. The van der Waals surface area contributed by atoms with E-state index in [0.29, 0.717) is 22.8 Å². The highest BCUT2D eigenvalue weighted by Gasteiger charge is 2.24. The normalized spacial score (nSPS) is 11.8. The van der Waals surface area contributed by atoms with Crippen LogP contribution < -0.4 is 10.1 Å². The first-order valence-electron chi connectivity index (χ1n) is 7.79. The molecule has 1 N–H and O–H groups in total. The number of carbonyl (C=O) groups is 2. The van der Waals surface area contributed by atoms with E-state index >= 15 is 0 Å². The maximum Gasteiger partial charge on any atom is 0.334 e. The minimum atomic E-state index is -0.714. The third kappa shape index (κ3) is 5.39. The van der Waals surface area contributed by atoms with Gasteiger partial charge in [0, 0.05) is 10.6 Å². The lowest BCUT2D eigenvalue weighted by molar-refractivity contribution is -0.137. The lowest BCUT2D eigenvalue weighted by Gasteiger charge is -2.19. The van der Waals surface area contributed by atoms with Gasteiger partial charge in [-0.25, -0.2) is 4.79 Å². The van der Waals surface area contributed by atoms with E-state index in [0.717, 1.165) is 0 Å². The molecule has 1 atom stereocenters. The van der Waals surface area contributed by atoms with Crippen molar-refractivity contribution in [2.24, 2.45) is 5.92 Å². The van der Waals surface area contributed by atoms with E-state index in [9.17, 15) is 9.59 Å². The molecule has 0 saturated carbocycles. The lowest BCUT2D eigenvalue weighted by atomic mass is 10.0. The van der Waals surface area contributed by atoms with Crippen molar-refractivity contribution in [3.63, 3.8) is 0 Å². The molecule has 0 bridgehead atoms. The van der Waals surface area contributed by atoms with Gasteiger partial charge in [-0.15, -0.1) is 0 Å². The summed E-state index contributed by atoms with van der Waals surface area (Å²) in [6.07, 6.45) is 0.491. The van der Waals surface area contributed by atoms with Crippen LogP contribution in [0.5, 0.6) is 5.75 Å². The Morgan fingerprint density at radius 2 is 1.67 bits per heavy atom. The Kier molecular flexibility index (Phi) is 6.38. The van der Waals surface area contributed by atoms with Crippen molar-refractivity contribution >= 4 is 23.5 Å². The predicted octanol–water partition coefficient (Wildman–Crippen LogP) is 4.09. The van der Waals surface area contributed by atoms with Gasteiger partial charge in [-0.2, -0.15) is 0 Å². The average Bonchev–Trinajstić information content (AvgIpc) is 2.56. The molecule has 2 rings (SSSR count). The first-order valence-corrected chi connectivity index (χ1v) is 8.16. The molecular weight excluding hydrogens is 326 g/mol. The zero-order valence-corrected chi connectivity index (χ0v) is 14.4. The van der Waals surface area contributed by atoms with Crippen molar-refractivity contribution < 1.29 is 14.3 Å². The van der Waals surface area contributed by atoms with Crippen molar-refractivity contribution in [3.05, 3.63) is 65.2 Å². The van der Waals surface area contributed by atoms with Gasteiger partial charge >= 0.3 is 5.97 Å². The maximum absolute atomic E-state index is 12.4. The summed E-state index contributed by atoms with van der Waals surface area (Å²) in [6, 6.07) is 14.6. The molecular formula is C19H20ClNO3. The van der Waals surface area contributed by atoms with Crippen LogP contribution in [0.2, 0.25) is 5.02 Å². The molecule has 0 radical (unpaired) electrons. The van der Waals surface area contributed by atoms with Crippen LogP contribution in [0.3, 0.4) is 0 Å². The highest BCUT2D eigenvalue weighted by molar-refractivity contribution is 6.30. The molecule has 4 nitrogen and oxygen atoms in total. The number of rotatable bonds is 6. The van der Waals surface area contributed by atoms with Gasteiger partial charge in [0.1, 0.15) is 11.8 Å². The second-order valence-electron chi connectivity index (χ2n) is 5.90. The zero-order chi connectivity index (χ0) is 17.5. The fourth-order valence-corrected chi connectivity index (χ4v) is 2.33. The second kappa shape index (κ2) is 8.50. The number of halogens is 1. The van der Waals surface area contributed by atoms with E-state index in [1.54, 1.807) is 48.5 Å². The van der Waals surface area contributed by atoms with Crippen LogP contribution in [0, 0.1) is 5.92 Å². The van der Waals surface area contributed by atoms with Crippen LogP contribution in [-0.2, 0) is 4.79 Å². The first-order chi connectivity index (χ1) is 11.5. The van der Waals surface area contributed by atoms with Gasteiger partial charge in [0.05, 0.1) is 0 Å². The number of amides is 1. The Bertz CT molecular complexity index is 684. The molecule has 0 aliphatic rings. The monoisotopic (exact) mass is 345 g/mol. The zero-order valence-electron chi connectivity index (χ0n) is 13.7. The SMILES string of the molecule is CC(C)C[C@H](NC(=O)c1ccccc1)C(=O)Oc1ccc(Cl)cc1. The molecule has 1 amide bonds. The minimum absolute atomic E-state index is 0.226. The van der Waals surface area contributed by atoms with E-state index < -0.39 is 12.0 Å². The Labute approximate surface area is 146 Å². The first kappa shape index (κ1) is 18.0. The molecule has 0 aliphatic carbocycles. The van der Waals surface area contributed by atoms with E-state index in [1.807, 2.05) is 19.9 Å². The Morgan fingerprint density at radius 1 is 1.04 bits per heavy atom. The van der Waals surface area contributed by atoms with Crippen LogP contribution in [0.1, 0.15) is 30.6 Å². The van der Waals surface area contributed by atoms with Crippen molar-refractivity contribution in [3.8, 4) is 5.75 Å². The van der Waals surface area contributed by atoms with Gasteiger partial charge in [-0.3, -0.25) is 4.79 Å². The van der Waals surface area contributed by atoms with E-state index in [1.165, 1.54) is 0 Å². The third-order valence-electron chi connectivity index (χ3n) is 3.37. The molecule has 0 aromatic heterocycles. The highest BCUT2D eigenvalue weighted by Crippen LogP contribution is 2.17. The summed E-state index contributed by atoms with van der Waals surface area (Å²) in [7, 11) is 0. The average molecular weight is 346 g/mol. The molecule has 0 saturated heterocycles. The Balaban J connectivity index is 2.07. The molecule has 0 fully saturated rings. The van der Waals surface area contributed by atoms with Crippen LogP contribution in [-0.4, -0.2) is 17.9 Å². The highest BCUT2D eigenvalue weighted by atomic mass is 35.5. The van der Waals surface area contributed by atoms with Crippen LogP contribution in [0.15, 0.2) is 54.6 Å². The van der Waals surface area contributed by atoms with Crippen molar-refractivity contribution in [2.45, 2.75) is 26.3 Å². The number of hydrogen-bond donors (Lipinski definition) is 1. The van der Waals surface area contributed by atoms with E-state index in [4.69, 9.17) is 16.3 Å². The summed E-state index contributed by atoms with van der Waals surface area (Å²) in [6.45, 7) is 3.97. The fourth-order valence-electron chi connectivity index (χ4n) is 2.21. The summed E-state index contributed by atoms with van der Waals surface area (Å²) in [4.78, 5) is 24.7. The summed E-state index contributed by atoms with van der Waals surface area (Å²) in [5.41, 5.74) is 0.505. The molecule has 24 heavy (non-hydrogen) atoms. The van der Waals surface area contributed by atoms with Gasteiger partial charge in [-0.1, -0.05) is 43.6 Å². The Hall–Kier alpha value is -2.33. The third-order valence-corrected chi connectivity index (χ3v) is 3.62. The molecule has 126 valence electrons. The van der Waals surface area contributed by atoms with Gasteiger partial charge in [-0.05, 0) is 48.7 Å². The van der Waals surface area contributed by atoms with E-state index in [-0.39, 0.29) is 11.8 Å². The van der Waals surface area contributed by atoms with Gasteiger partial charge in [0.25, 0.3) is 5.91 Å². The number of carbonyl (C=O) groups excluding carboxylic acids is 2. The van der Waals surface area contributed by atoms with Crippen LogP contribution >= 0.6 is 11.6 Å². The van der Waals surface area contributed by atoms with Crippen molar-refractivity contribution in [1.29, 1.82) is 0 Å². The minimum Gasteiger partial charge on any atom is -0.425 e. The summed E-state index contributed by atoms with van der Waals surface area (Å²) in [5.74, 6) is -0.166. The van der Waals surface area contributed by atoms with Gasteiger partial charge < -0.3 is 10.1 Å². The number of benzene rings is 2. The molecule has 0 heterocycles. The molecule has 2 aromatic carbocycles. The molecule has 5 heteroatoms. The van der Waals surface area contributed by atoms with Crippen LogP contribution in [0.25, 0.3) is 0 Å². The topological polar surface area (TPSA) is 55.4 Å². The molecule has 0 unspecified atom stereocenters.